The van der Waals surface area contributed by atoms with E-state index < -0.39 is 10.0 Å². The van der Waals surface area contributed by atoms with E-state index in [1.165, 1.54) is 10.6 Å². The van der Waals surface area contributed by atoms with E-state index in [1.54, 1.807) is 12.4 Å². The van der Waals surface area contributed by atoms with Crippen molar-refractivity contribution < 1.29 is 8.42 Å². The molecule has 136 valence electrons. The summed E-state index contributed by atoms with van der Waals surface area (Å²) in [5.74, 6) is 0.716. The van der Waals surface area contributed by atoms with Crippen molar-refractivity contribution in [2.75, 3.05) is 24.7 Å². The lowest BCUT2D eigenvalue weighted by Gasteiger charge is -2.32. The van der Waals surface area contributed by atoms with Crippen molar-refractivity contribution in [1.82, 2.24) is 19.3 Å². The number of pyridine rings is 1. The van der Waals surface area contributed by atoms with E-state index in [0.717, 1.165) is 41.9 Å². The topological polar surface area (TPSA) is 88.1 Å². The van der Waals surface area contributed by atoms with Gasteiger partial charge in [-0.05, 0) is 31.1 Å². The second kappa shape index (κ2) is 6.77. The average molecular weight is 371 g/mol. The van der Waals surface area contributed by atoms with Gasteiger partial charge in [0.25, 0.3) is 0 Å². The van der Waals surface area contributed by atoms with Gasteiger partial charge in [0.15, 0.2) is 0 Å². The van der Waals surface area contributed by atoms with Crippen LogP contribution in [0.3, 0.4) is 0 Å². The normalized spacial score (nSPS) is 20.1. The Morgan fingerprint density at radius 3 is 3.04 bits per heavy atom. The fraction of sp³-hybridized carbons (Fsp3) is 0.389. The fourth-order valence-electron chi connectivity index (χ4n) is 3.42. The largest absolute Gasteiger partial charge is 0.365 e. The first kappa shape index (κ1) is 17.1. The molecule has 1 atom stereocenters. The number of anilines is 1. The van der Waals surface area contributed by atoms with Crippen LogP contribution >= 0.6 is 0 Å². The molecule has 0 amide bonds. The highest BCUT2D eigenvalue weighted by atomic mass is 32.2. The molecule has 0 radical (unpaired) electrons. The number of nitrogens with zero attached hydrogens (tertiary/aromatic N) is 4. The first-order valence-corrected chi connectivity index (χ1v) is 10.5. The molecule has 1 saturated heterocycles. The minimum atomic E-state index is -3.18. The summed E-state index contributed by atoms with van der Waals surface area (Å²) in [6.45, 7) is 1.03. The lowest BCUT2D eigenvalue weighted by atomic mass is 10.1. The Morgan fingerprint density at radius 1 is 1.31 bits per heavy atom. The lowest BCUT2D eigenvalue weighted by molar-refractivity contribution is 0.329. The minimum Gasteiger partial charge on any atom is -0.365 e. The molecule has 2 aromatic heterocycles. The molecule has 0 bridgehead atoms. The summed E-state index contributed by atoms with van der Waals surface area (Å²) in [5.41, 5.74) is 3.55. The molecule has 0 saturated carbocycles. The number of fused-ring (bicyclic) bond motifs is 1. The van der Waals surface area contributed by atoms with Gasteiger partial charge in [0.1, 0.15) is 5.82 Å². The van der Waals surface area contributed by atoms with Gasteiger partial charge in [0, 0.05) is 37.3 Å². The first-order valence-electron chi connectivity index (χ1n) is 8.70. The van der Waals surface area contributed by atoms with Crippen LogP contribution in [0.15, 0.2) is 30.6 Å². The van der Waals surface area contributed by atoms with Crippen LogP contribution in [0.1, 0.15) is 24.2 Å². The predicted molar refractivity (Wildman–Crippen MR) is 101 cm³/mol. The molecule has 0 spiro atoms. The van der Waals surface area contributed by atoms with Crippen LogP contribution in [0.5, 0.6) is 0 Å². The fourth-order valence-corrected chi connectivity index (χ4v) is 4.33. The van der Waals surface area contributed by atoms with Crippen molar-refractivity contribution >= 4 is 21.9 Å². The molecule has 2 aliphatic rings. The quantitative estimate of drug-likeness (QED) is 0.884. The number of nitrogens with one attached hydrogen (secondary N) is 1. The number of piperidine rings is 1. The maximum Gasteiger partial charge on any atom is 0.211 e. The summed E-state index contributed by atoms with van der Waals surface area (Å²) < 4.78 is 25.2. The number of rotatable bonds is 4. The molecule has 1 fully saturated rings. The smallest absolute Gasteiger partial charge is 0.211 e. The van der Waals surface area contributed by atoms with E-state index in [9.17, 15) is 8.42 Å². The Morgan fingerprint density at radius 2 is 2.19 bits per heavy atom. The summed E-state index contributed by atoms with van der Waals surface area (Å²) >= 11 is 0. The van der Waals surface area contributed by atoms with Gasteiger partial charge < -0.3 is 5.32 Å². The van der Waals surface area contributed by atoms with Crippen molar-refractivity contribution in [2.45, 2.75) is 25.3 Å². The highest BCUT2D eigenvalue weighted by Crippen LogP contribution is 2.28. The maximum atomic E-state index is 11.8. The van der Waals surface area contributed by atoms with E-state index in [1.807, 2.05) is 18.2 Å². The molecule has 4 rings (SSSR count). The third-order valence-corrected chi connectivity index (χ3v) is 6.01. The molecule has 3 heterocycles. The van der Waals surface area contributed by atoms with Gasteiger partial charge in [0.2, 0.25) is 10.0 Å². The van der Waals surface area contributed by atoms with Gasteiger partial charge in [0.05, 0.1) is 29.5 Å². The average Bonchev–Trinajstić information content (AvgIpc) is 3.09. The second-order valence-corrected chi connectivity index (χ2v) is 8.68. The van der Waals surface area contributed by atoms with E-state index in [-0.39, 0.29) is 6.04 Å². The van der Waals surface area contributed by atoms with Crippen LogP contribution in [0.25, 0.3) is 17.3 Å². The standard InChI is InChI=1S/C18H21N5O2S/c1-26(24,25)23-10-4-5-13(12-23)21-18-14(6-3-9-19-18)17-11-20-15-7-2-8-16(15)22-17/h2-3,6-7,9,11,13H,4-5,8,10,12H2,1H3,(H,19,21)/t13-/m0/s1. The first-order chi connectivity index (χ1) is 12.5. The third kappa shape index (κ3) is 3.47. The molecule has 0 unspecified atom stereocenters. The van der Waals surface area contributed by atoms with Crippen molar-refractivity contribution in [1.29, 1.82) is 0 Å². The third-order valence-electron chi connectivity index (χ3n) is 4.74. The molecular weight excluding hydrogens is 350 g/mol. The van der Waals surface area contributed by atoms with E-state index in [2.05, 4.69) is 21.4 Å². The molecule has 1 aliphatic carbocycles. The maximum absolute atomic E-state index is 11.8. The van der Waals surface area contributed by atoms with Crippen molar-refractivity contribution in [3.05, 3.63) is 42.0 Å². The highest BCUT2D eigenvalue weighted by Gasteiger charge is 2.26. The molecular formula is C18H21N5O2S. The van der Waals surface area contributed by atoms with Crippen molar-refractivity contribution in [3.63, 3.8) is 0 Å². The Bertz CT molecular complexity index is 958. The van der Waals surface area contributed by atoms with Gasteiger partial charge in [-0.15, -0.1) is 0 Å². The summed E-state index contributed by atoms with van der Waals surface area (Å²) in [5, 5.41) is 3.42. The summed E-state index contributed by atoms with van der Waals surface area (Å²) in [6, 6.07) is 3.86. The summed E-state index contributed by atoms with van der Waals surface area (Å²) in [4.78, 5) is 13.7. The zero-order valence-electron chi connectivity index (χ0n) is 14.6. The monoisotopic (exact) mass is 371 g/mol. The van der Waals surface area contributed by atoms with Crippen LogP contribution in [0.2, 0.25) is 0 Å². The van der Waals surface area contributed by atoms with Gasteiger partial charge in [-0.2, -0.15) is 0 Å². The molecule has 26 heavy (non-hydrogen) atoms. The van der Waals surface area contributed by atoms with Gasteiger partial charge in [-0.25, -0.2) is 22.7 Å². The Hall–Kier alpha value is -2.32. The Labute approximate surface area is 153 Å². The molecule has 1 aliphatic heterocycles. The minimum absolute atomic E-state index is 0.0242. The molecule has 2 aromatic rings. The zero-order chi connectivity index (χ0) is 18.1. The second-order valence-electron chi connectivity index (χ2n) is 6.70. The van der Waals surface area contributed by atoms with Crippen LogP contribution < -0.4 is 5.32 Å². The SMILES string of the molecule is CS(=O)(=O)N1CCC[C@H](Nc2ncccc2-c2cnc3c(n2)CC=C3)C1. The van der Waals surface area contributed by atoms with Crippen LogP contribution in [0.4, 0.5) is 5.82 Å². The van der Waals surface area contributed by atoms with Gasteiger partial charge in [-0.3, -0.25) is 4.98 Å². The van der Waals surface area contributed by atoms with E-state index in [0.29, 0.717) is 18.9 Å². The number of sulfonamides is 1. The molecule has 8 heteroatoms. The van der Waals surface area contributed by atoms with E-state index in [4.69, 9.17) is 4.98 Å². The van der Waals surface area contributed by atoms with Crippen LogP contribution in [-0.4, -0.2) is 53.1 Å². The van der Waals surface area contributed by atoms with Gasteiger partial charge >= 0.3 is 0 Å². The lowest BCUT2D eigenvalue weighted by Crippen LogP contribution is -2.44. The molecule has 0 aromatic carbocycles. The number of allylic oxidation sites excluding steroid dienone is 1. The highest BCUT2D eigenvalue weighted by molar-refractivity contribution is 7.88. The van der Waals surface area contributed by atoms with Gasteiger partial charge in [-0.1, -0.05) is 6.08 Å². The van der Waals surface area contributed by atoms with Crippen LogP contribution in [-0.2, 0) is 16.4 Å². The summed E-state index contributed by atoms with van der Waals surface area (Å²) in [6.07, 6.45) is 11.3. The predicted octanol–water partition coefficient (Wildman–Crippen LogP) is 1.94. The number of hydrogen-bond donors (Lipinski definition) is 1. The van der Waals surface area contributed by atoms with Crippen molar-refractivity contribution in [3.8, 4) is 11.3 Å². The summed E-state index contributed by atoms with van der Waals surface area (Å²) in [7, 11) is -3.18. The Kier molecular flexibility index (Phi) is 4.46. The Balaban J connectivity index is 1.59. The molecule has 7 nitrogen and oxygen atoms in total. The molecule has 1 N–H and O–H groups in total. The van der Waals surface area contributed by atoms with E-state index >= 15 is 0 Å². The zero-order valence-corrected chi connectivity index (χ0v) is 15.4. The number of hydrogen-bond acceptors (Lipinski definition) is 6. The van der Waals surface area contributed by atoms with Crippen molar-refractivity contribution in [2.24, 2.45) is 0 Å². The number of aromatic nitrogens is 3. The van der Waals surface area contributed by atoms with Crippen LogP contribution in [0, 0.1) is 0 Å².